The van der Waals surface area contributed by atoms with E-state index in [0.29, 0.717) is 16.6 Å². The highest BCUT2D eigenvalue weighted by Gasteiger charge is 2.05. The maximum absolute atomic E-state index is 8.79. The Balaban J connectivity index is 2.38. The topological polar surface area (TPSA) is 35.8 Å². The fourth-order valence-corrected chi connectivity index (χ4v) is 2.23. The molecule has 1 unspecified atom stereocenters. The summed E-state index contributed by atoms with van der Waals surface area (Å²) in [6, 6.07) is 8.05. The molecule has 0 amide bonds. The minimum absolute atomic E-state index is 0.491. The van der Waals surface area contributed by atoms with Crippen LogP contribution >= 0.6 is 11.6 Å². The van der Waals surface area contributed by atoms with Crippen molar-refractivity contribution in [2.45, 2.75) is 52.6 Å². The van der Waals surface area contributed by atoms with E-state index in [1.807, 2.05) is 12.1 Å². The summed E-state index contributed by atoms with van der Waals surface area (Å²) in [5.41, 5.74) is 1.66. The molecule has 0 heterocycles. The van der Waals surface area contributed by atoms with Gasteiger partial charge in [-0.3, -0.25) is 0 Å². The van der Waals surface area contributed by atoms with Crippen molar-refractivity contribution < 1.29 is 0 Å². The Morgan fingerprint density at radius 1 is 1.26 bits per heavy atom. The lowest BCUT2D eigenvalue weighted by Crippen LogP contribution is -2.25. The molecule has 1 N–H and O–H groups in total. The Labute approximate surface area is 121 Å². The average Bonchev–Trinajstić information content (AvgIpc) is 2.36. The third-order valence-electron chi connectivity index (χ3n) is 3.24. The van der Waals surface area contributed by atoms with Gasteiger partial charge in [-0.15, -0.1) is 0 Å². The Morgan fingerprint density at radius 3 is 2.58 bits per heavy atom. The molecule has 1 aromatic rings. The Hall–Kier alpha value is -1.04. The number of hydrogen-bond donors (Lipinski definition) is 1. The lowest BCUT2D eigenvalue weighted by molar-refractivity contribution is 0.457. The zero-order chi connectivity index (χ0) is 14.3. The number of hydrogen-bond acceptors (Lipinski definition) is 2. The molecule has 0 aromatic heterocycles. The Morgan fingerprint density at radius 2 is 2.00 bits per heavy atom. The molecule has 104 valence electrons. The van der Waals surface area contributed by atoms with Gasteiger partial charge in [-0.05, 0) is 37.0 Å². The van der Waals surface area contributed by atoms with Gasteiger partial charge in [-0.25, -0.2) is 0 Å². The van der Waals surface area contributed by atoms with E-state index in [4.69, 9.17) is 16.9 Å². The molecule has 0 saturated carbocycles. The second kappa shape index (κ2) is 8.19. The summed E-state index contributed by atoms with van der Waals surface area (Å²) in [5, 5.41) is 12.9. The lowest BCUT2D eigenvalue weighted by Gasteiger charge is -2.15. The highest BCUT2D eigenvalue weighted by molar-refractivity contribution is 6.31. The SMILES string of the molecule is CC(C)CCCC(C)NCc1ccc(C#N)cc1Cl. The first-order valence-electron chi connectivity index (χ1n) is 6.94. The Kier molecular flexibility index (Phi) is 6.91. The van der Waals surface area contributed by atoms with Gasteiger partial charge in [0.25, 0.3) is 0 Å². The molecule has 0 aliphatic carbocycles. The van der Waals surface area contributed by atoms with E-state index in [1.54, 1.807) is 6.07 Å². The van der Waals surface area contributed by atoms with Gasteiger partial charge in [0, 0.05) is 17.6 Å². The fourth-order valence-electron chi connectivity index (χ4n) is 1.98. The maximum atomic E-state index is 8.79. The predicted molar refractivity (Wildman–Crippen MR) is 81.2 cm³/mol. The molecule has 0 aliphatic rings. The quantitative estimate of drug-likeness (QED) is 0.796. The number of nitrogens with one attached hydrogen (secondary N) is 1. The molecule has 1 aromatic carbocycles. The zero-order valence-corrected chi connectivity index (χ0v) is 12.8. The van der Waals surface area contributed by atoms with Crippen LogP contribution in [0.1, 0.15) is 51.2 Å². The summed E-state index contributed by atoms with van der Waals surface area (Å²) in [5.74, 6) is 0.778. The van der Waals surface area contributed by atoms with Crippen molar-refractivity contribution >= 4 is 11.6 Å². The summed E-state index contributed by atoms with van der Waals surface area (Å²) >= 11 is 6.15. The summed E-state index contributed by atoms with van der Waals surface area (Å²) in [7, 11) is 0. The summed E-state index contributed by atoms with van der Waals surface area (Å²) in [6.45, 7) is 7.48. The normalized spacial score (nSPS) is 12.4. The number of rotatable bonds is 7. The van der Waals surface area contributed by atoms with Gasteiger partial charge >= 0.3 is 0 Å². The molecule has 0 aliphatic heterocycles. The zero-order valence-electron chi connectivity index (χ0n) is 12.0. The van der Waals surface area contributed by atoms with Crippen LogP contribution in [-0.4, -0.2) is 6.04 Å². The van der Waals surface area contributed by atoms with E-state index >= 15 is 0 Å². The van der Waals surface area contributed by atoms with E-state index in [2.05, 4.69) is 32.2 Å². The van der Waals surface area contributed by atoms with Gasteiger partial charge in [0.15, 0.2) is 0 Å². The van der Waals surface area contributed by atoms with Gasteiger partial charge in [0.05, 0.1) is 11.6 Å². The molecule has 3 heteroatoms. The highest BCUT2D eigenvalue weighted by Crippen LogP contribution is 2.18. The Bertz CT molecular complexity index is 435. The van der Waals surface area contributed by atoms with Crippen molar-refractivity contribution in [3.05, 3.63) is 34.3 Å². The fraction of sp³-hybridized carbons (Fsp3) is 0.562. The van der Waals surface area contributed by atoms with Crippen LogP contribution in [0.5, 0.6) is 0 Å². The molecule has 0 fully saturated rings. The summed E-state index contributed by atoms with van der Waals surface area (Å²) < 4.78 is 0. The molecule has 1 atom stereocenters. The molecule has 1 rings (SSSR count). The van der Waals surface area contributed by atoms with Gasteiger partial charge < -0.3 is 5.32 Å². The van der Waals surface area contributed by atoms with Crippen molar-refractivity contribution in [1.29, 1.82) is 5.26 Å². The lowest BCUT2D eigenvalue weighted by atomic mass is 10.0. The monoisotopic (exact) mass is 278 g/mol. The van der Waals surface area contributed by atoms with Crippen molar-refractivity contribution in [3.8, 4) is 6.07 Å². The number of nitrogens with zero attached hydrogens (tertiary/aromatic N) is 1. The summed E-state index contributed by atoms with van der Waals surface area (Å²) in [4.78, 5) is 0. The van der Waals surface area contributed by atoms with Crippen molar-refractivity contribution in [1.82, 2.24) is 5.32 Å². The first-order chi connectivity index (χ1) is 9.02. The van der Waals surface area contributed by atoms with Crippen molar-refractivity contribution in [3.63, 3.8) is 0 Å². The van der Waals surface area contributed by atoms with Crippen LogP contribution in [0, 0.1) is 17.2 Å². The third kappa shape index (κ3) is 6.09. The second-order valence-electron chi connectivity index (χ2n) is 5.52. The maximum Gasteiger partial charge on any atom is 0.0992 e. The van der Waals surface area contributed by atoms with E-state index in [1.165, 1.54) is 19.3 Å². The highest BCUT2D eigenvalue weighted by atomic mass is 35.5. The van der Waals surface area contributed by atoms with E-state index in [9.17, 15) is 0 Å². The van der Waals surface area contributed by atoms with Gasteiger partial charge in [-0.1, -0.05) is 44.4 Å². The molecule has 0 bridgehead atoms. The molecule has 2 nitrogen and oxygen atoms in total. The number of benzene rings is 1. The largest absolute Gasteiger partial charge is 0.310 e. The second-order valence-corrected chi connectivity index (χ2v) is 5.93. The van der Waals surface area contributed by atoms with Crippen LogP contribution in [0.3, 0.4) is 0 Å². The average molecular weight is 279 g/mol. The first kappa shape index (κ1) is 16.0. The minimum atomic E-state index is 0.491. The minimum Gasteiger partial charge on any atom is -0.310 e. The van der Waals surface area contributed by atoms with Gasteiger partial charge in [0.2, 0.25) is 0 Å². The van der Waals surface area contributed by atoms with E-state index in [-0.39, 0.29) is 0 Å². The molecule has 0 radical (unpaired) electrons. The van der Waals surface area contributed by atoms with Crippen LogP contribution in [0.2, 0.25) is 5.02 Å². The molecular formula is C16H23ClN2. The first-order valence-corrected chi connectivity index (χ1v) is 7.32. The van der Waals surface area contributed by atoms with Crippen LogP contribution in [-0.2, 0) is 6.54 Å². The number of nitriles is 1. The third-order valence-corrected chi connectivity index (χ3v) is 3.59. The standard InChI is InChI=1S/C16H23ClN2/c1-12(2)5-4-6-13(3)19-11-15-8-7-14(10-18)9-16(15)17/h7-9,12-13,19H,4-6,11H2,1-3H3. The van der Waals surface area contributed by atoms with Gasteiger partial charge in [0.1, 0.15) is 0 Å². The summed E-state index contributed by atoms with van der Waals surface area (Å²) in [6.07, 6.45) is 3.72. The van der Waals surface area contributed by atoms with Crippen LogP contribution in [0.15, 0.2) is 18.2 Å². The van der Waals surface area contributed by atoms with E-state index < -0.39 is 0 Å². The van der Waals surface area contributed by atoms with Crippen molar-refractivity contribution in [2.75, 3.05) is 0 Å². The van der Waals surface area contributed by atoms with Crippen LogP contribution < -0.4 is 5.32 Å². The predicted octanol–water partition coefficient (Wildman–Crippen LogP) is 4.52. The van der Waals surface area contributed by atoms with Crippen molar-refractivity contribution in [2.24, 2.45) is 5.92 Å². The number of halogens is 1. The molecule has 0 saturated heterocycles. The van der Waals surface area contributed by atoms with Crippen LogP contribution in [0.4, 0.5) is 0 Å². The molecule has 19 heavy (non-hydrogen) atoms. The molecule has 0 spiro atoms. The van der Waals surface area contributed by atoms with Crippen LogP contribution in [0.25, 0.3) is 0 Å². The van der Waals surface area contributed by atoms with Gasteiger partial charge in [-0.2, -0.15) is 5.26 Å². The molecular weight excluding hydrogens is 256 g/mol. The van der Waals surface area contributed by atoms with E-state index in [0.717, 1.165) is 18.0 Å². The smallest absolute Gasteiger partial charge is 0.0992 e.